The maximum absolute atomic E-state index is 14.2. The molecule has 0 radical (unpaired) electrons. The van der Waals surface area contributed by atoms with E-state index in [0.29, 0.717) is 5.57 Å². The fourth-order valence-electron chi connectivity index (χ4n) is 4.72. The summed E-state index contributed by atoms with van der Waals surface area (Å²) in [4.78, 5) is 14.2. The van der Waals surface area contributed by atoms with Gasteiger partial charge in [0.1, 0.15) is 12.7 Å². The van der Waals surface area contributed by atoms with E-state index in [1.54, 1.807) is 6.08 Å². The van der Waals surface area contributed by atoms with E-state index in [1.807, 2.05) is 48.5 Å². The molecule has 2 aromatic carbocycles. The number of fused-ring (bicyclic) bond motifs is 1. The van der Waals surface area contributed by atoms with Crippen LogP contribution in [0.3, 0.4) is 0 Å². The summed E-state index contributed by atoms with van der Waals surface area (Å²) < 4.78 is 33.3. The summed E-state index contributed by atoms with van der Waals surface area (Å²) in [7, 11) is 0. The van der Waals surface area contributed by atoms with Crippen LogP contribution in [-0.2, 0) is 11.3 Å². The highest BCUT2D eigenvalue weighted by Gasteiger charge is 2.55. The number of amides is 1. The van der Waals surface area contributed by atoms with E-state index in [4.69, 9.17) is 10.5 Å². The minimum atomic E-state index is -2.03. The minimum absolute atomic E-state index is 0.0192. The summed E-state index contributed by atoms with van der Waals surface area (Å²) in [5.41, 5.74) is 5.30. The third-order valence-corrected chi connectivity index (χ3v) is 6.43. The second-order valence-electron chi connectivity index (χ2n) is 8.29. The highest BCUT2D eigenvalue weighted by Crippen LogP contribution is 2.54. The number of ether oxygens (including phenoxy) is 1. The molecule has 0 saturated heterocycles. The lowest BCUT2D eigenvalue weighted by Gasteiger charge is -2.45. The topological polar surface area (TPSA) is 127 Å². The van der Waals surface area contributed by atoms with Crippen molar-refractivity contribution < 1.29 is 18.3 Å². The second kappa shape index (κ2) is 9.29. The largest absolute Gasteiger partial charge is 0.445 e. The first kappa shape index (κ1) is 23.5. The zero-order valence-electron chi connectivity index (χ0n) is 18.4. The van der Waals surface area contributed by atoms with Gasteiger partial charge in [0.05, 0.1) is 23.4 Å². The van der Waals surface area contributed by atoms with Crippen molar-refractivity contribution in [2.75, 3.05) is 13.1 Å². The first-order chi connectivity index (χ1) is 16.9. The first-order valence-electron chi connectivity index (χ1n) is 10.7. The number of nitriles is 3. The Morgan fingerprint density at radius 2 is 1.83 bits per heavy atom. The van der Waals surface area contributed by atoms with Crippen LogP contribution < -0.4 is 5.73 Å². The van der Waals surface area contributed by atoms with E-state index in [2.05, 4.69) is 0 Å². The van der Waals surface area contributed by atoms with Gasteiger partial charge in [0, 0.05) is 24.9 Å². The summed E-state index contributed by atoms with van der Waals surface area (Å²) in [6, 6.07) is 18.0. The molecule has 2 atom stereocenters. The predicted molar refractivity (Wildman–Crippen MR) is 119 cm³/mol. The standard InChI is InChI=1S/C26H19F2N5O2/c27-21-7-6-17(10-22(21)28)23-20-12-33(25(34)35-13-16-4-2-1-3-5-16)9-8-18(20)19(11-29)24(32)26(23,14-30)15-31/h1-8,10,20,23H,9,12-13,32H2. The summed E-state index contributed by atoms with van der Waals surface area (Å²) in [6.07, 6.45) is 0.989. The lowest BCUT2D eigenvalue weighted by Crippen LogP contribution is -2.49. The maximum atomic E-state index is 14.2. The number of hydrogen-bond donors (Lipinski definition) is 1. The van der Waals surface area contributed by atoms with Crippen molar-refractivity contribution in [1.82, 2.24) is 4.90 Å². The normalized spacial score (nSPS) is 20.5. The SMILES string of the molecule is N#CC1=C(N)C(C#N)(C#N)C(c2ccc(F)c(F)c2)C2CN(C(=O)OCc3ccccc3)CC=C12. The van der Waals surface area contributed by atoms with Crippen LogP contribution in [0.5, 0.6) is 0 Å². The second-order valence-corrected chi connectivity index (χ2v) is 8.29. The first-order valence-corrected chi connectivity index (χ1v) is 10.7. The molecule has 0 spiro atoms. The van der Waals surface area contributed by atoms with Crippen molar-refractivity contribution in [3.05, 3.63) is 94.2 Å². The van der Waals surface area contributed by atoms with Crippen molar-refractivity contribution >= 4 is 6.09 Å². The van der Waals surface area contributed by atoms with Gasteiger partial charge in [0.2, 0.25) is 0 Å². The number of hydrogen-bond acceptors (Lipinski definition) is 6. The molecule has 1 aliphatic heterocycles. The monoisotopic (exact) mass is 471 g/mol. The number of rotatable bonds is 3. The zero-order chi connectivity index (χ0) is 25.2. The third-order valence-electron chi connectivity index (χ3n) is 6.43. The Bertz CT molecular complexity index is 1350. The van der Waals surface area contributed by atoms with E-state index in [0.717, 1.165) is 17.7 Å². The van der Waals surface area contributed by atoms with Gasteiger partial charge < -0.3 is 15.4 Å². The Morgan fingerprint density at radius 3 is 2.46 bits per heavy atom. The van der Waals surface area contributed by atoms with Crippen LogP contribution in [0.2, 0.25) is 0 Å². The summed E-state index contributed by atoms with van der Waals surface area (Å²) >= 11 is 0. The number of carbonyl (C=O) groups excluding carboxylic acids is 1. The highest BCUT2D eigenvalue weighted by atomic mass is 19.2. The average molecular weight is 471 g/mol. The molecule has 4 rings (SSSR count). The smallest absolute Gasteiger partial charge is 0.410 e. The molecule has 1 heterocycles. The van der Waals surface area contributed by atoms with Gasteiger partial charge in [0.15, 0.2) is 17.0 Å². The number of nitrogens with two attached hydrogens (primary N) is 1. The molecule has 2 aliphatic rings. The molecule has 0 fully saturated rings. The molecule has 9 heteroatoms. The molecule has 2 aromatic rings. The summed E-state index contributed by atoms with van der Waals surface area (Å²) in [5, 5.41) is 29.9. The molecule has 35 heavy (non-hydrogen) atoms. The van der Waals surface area contributed by atoms with Gasteiger partial charge in [-0.3, -0.25) is 0 Å². The molecule has 7 nitrogen and oxygen atoms in total. The molecular weight excluding hydrogens is 452 g/mol. The number of halogens is 2. The molecule has 2 N–H and O–H groups in total. The Kier molecular flexibility index (Phi) is 6.23. The summed E-state index contributed by atoms with van der Waals surface area (Å²) in [6.45, 7) is 0.127. The Balaban J connectivity index is 1.75. The summed E-state index contributed by atoms with van der Waals surface area (Å²) in [5.74, 6) is -4.07. The molecular formula is C26H19F2N5O2. The molecule has 1 amide bonds. The van der Waals surface area contributed by atoms with Crippen molar-refractivity contribution in [2.24, 2.45) is 17.1 Å². The minimum Gasteiger partial charge on any atom is -0.445 e. The predicted octanol–water partition coefficient (Wildman–Crippen LogP) is 4.03. The van der Waals surface area contributed by atoms with Gasteiger partial charge in [-0.25, -0.2) is 13.6 Å². The molecule has 0 bridgehead atoms. The molecule has 0 aromatic heterocycles. The number of allylic oxidation sites excluding steroid dienone is 2. The van der Waals surface area contributed by atoms with Crippen molar-refractivity contribution in [3.63, 3.8) is 0 Å². The number of nitrogens with zero attached hydrogens (tertiary/aromatic N) is 4. The molecule has 1 aliphatic carbocycles. The van der Waals surface area contributed by atoms with Gasteiger partial charge >= 0.3 is 6.09 Å². The molecule has 2 unspecified atom stereocenters. The van der Waals surface area contributed by atoms with E-state index in [-0.39, 0.29) is 36.5 Å². The van der Waals surface area contributed by atoms with Crippen LogP contribution in [0.4, 0.5) is 13.6 Å². The van der Waals surface area contributed by atoms with Crippen molar-refractivity contribution in [2.45, 2.75) is 12.5 Å². The number of benzene rings is 2. The van der Waals surface area contributed by atoms with Crippen molar-refractivity contribution in [1.29, 1.82) is 15.8 Å². The Labute approximate surface area is 200 Å². The fourth-order valence-corrected chi connectivity index (χ4v) is 4.72. The Morgan fingerprint density at radius 1 is 1.11 bits per heavy atom. The van der Waals surface area contributed by atoms with Gasteiger partial charge in [-0.1, -0.05) is 42.5 Å². The van der Waals surface area contributed by atoms with Crippen LogP contribution >= 0.6 is 0 Å². The highest BCUT2D eigenvalue weighted by molar-refractivity contribution is 5.69. The van der Waals surface area contributed by atoms with Gasteiger partial charge in [0.25, 0.3) is 0 Å². The van der Waals surface area contributed by atoms with E-state index in [1.165, 1.54) is 11.0 Å². The van der Waals surface area contributed by atoms with Gasteiger partial charge in [-0.15, -0.1) is 0 Å². The maximum Gasteiger partial charge on any atom is 0.410 e. The number of carbonyl (C=O) groups is 1. The van der Waals surface area contributed by atoms with Gasteiger partial charge in [-0.2, -0.15) is 15.8 Å². The molecule has 174 valence electrons. The van der Waals surface area contributed by atoms with Gasteiger partial charge in [-0.05, 0) is 28.8 Å². The van der Waals surface area contributed by atoms with Crippen LogP contribution in [0.1, 0.15) is 17.0 Å². The average Bonchev–Trinajstić information content (AvgIpc) is 2.88. The zero-order valence-corrected chi connectivity index (χ0v) is 18.4. The van der Waals surface area contributed by atoms with Crippen LogP contribution in [0, 0.1) is 57.0 Å². The van der Waals surface area contributed by atoms with E-state index >= 15 is 0 Å². The lowest BCUT2D eigenvalue weighted by atomic mass is 9.58. The van der Waals surface area contributed by atoms with Crippen LogP contribution in [-0.4, -0.2) is 24.1 Å². The fraction of sp³-hybridized carbons (Fsp3) is 0.231. The molecule has 0 saturated carbocycles. The Hall–Kier alpha value is -4.68. The quantitative estimate of drug-likeness (QED) is 0.720. The van der Waals surface area contributed by atoms with Crippen LogP contribution in [0.15, 0.2) is 71.5 Å². The third kappa shape index (κ3) is 3.96. The lowest BCUT2D eigenvalue weighted by molar-refractivity contribution is 0.0898. The van der Waals surface area contributed by atoms with Crippen molar-refractivity contribution in [3.8, 4) is 18.2 Å². The van der Waals surface area contributed by atoms with E-state index in [9.17, 15) is 29.4 Å². The van der Waals surface area contributed by atoms with E-state index < -0.39 is 35.0 Å². The van der Waals surface area contributed by atoms with Crippen LogP contribution in [0.25, 0.3) is 0 Å².